The molecule has 1 aromatic carbocycles. The van der Waals surface area contributed by atoms with Gasteiger partial charge in [0.2, 0.25) is 0 Å². The van der Waals surface area contributed by atoms with Gasteiger partial charge in [-0.1, -0.05) is 0 Å². The summed E-state index contributed by atoms with van der Waals surface area (Å²) in [6.07, 6.45) is 3.88. The van der Waals surface area contributed by atoms with E-state index in [-0.39, 0.29) is 18.2 Å². The van der Waals surface area contributed by atoms with Crippen LogP contribution in [0.1, 0.15) is 47.7 Å². The predicted octanol–water partition coefficient (Wildman–Crippen LogP) is 3.00. The first-order chi connectivity index (χ1) is 11.6. The maximum atomic E-state index is 12.3. The molecule has 0 N–H and O–H groups in total. The third-order valence-electron chi connectivity index (χ3n) is 4.41. The Bertz CT molecular complexity index is 709. The zero-order chi connectivity index (χ0) is 17.1. The first-order valence-corrected chi connectivity index (χ1v) is 8.31. The second kappa shape index (κ2) is 7.13. The summed E-state index contributed by atoms with van der Waals surface area (Å²) in [5.74, 6) is 1.26. The van der Waals surface area contributed by atoms with E-state index in [1.807, 2.05) is 26.0 Å². The highest BCUT2D eigenvalue weighted by Gasteiger charge is 2.25. The molecule has 0 radical (unpaired) electrons. The van der Waals surface area contributed by atoms with Crippen LogP contribution in [0.25, 0.3) is 5.69 Å². The van der Waals surface area contributed by atoms with E-state index in [1.165, 1.54) is 0 Å². The lowest BCUT2D eigenvalue weighted by molar-refractivity contribution is -0.0149. The molecule has 6 heteroatoms. The van der Waals surface area contributed by atoms with Gasteiger partial charge in [0.05, 0.1) is 17.4 Å². The van der Waals surface area contributed by atoms with Crippen LogP contribution in [0.4, 0.5) is 0 Å². The molecule has 2 aromatic rings. The fourth-order valence-corrected chi connectivity index (χ4v) is 3.15. The lowest BCUT2D eigenvalue weighted by Crippen LogP contribution is -2.29. The molecule has 1 heterocycles. The average Bonchev–Trinajstić information content (AvgIpc) is 2.93. The summed E-state index contributed by atoms with van der Waals surface area (Å²) < 4.78 is 12.8. The monoisotopic (exact) mass is 329 g/mol. The van der Waals surface area contributed by atoms with Gasteiger partial charge in [-0.2, -0.15) is 5.10 Å². The molecule has 0 saturated heterocycles. The fraction of sp³-hybridized carbons (Fsp3) is 0.500. The van der Waals surface area contributed by atoms with Crippen molar-refractivity contribution in [2.45, 2.75) is 51.7 Å². The Morgan fingerprint density at radius 3 is 2.50 bits per heavy atom. The van der Waals surface area contributed by atoms with Crippen molar-refractivity contribution >= 4 is 5.97 Å². The van der Waals surface area contributed by atoms with Crippen LogP contribution in [0.15, 0.2) is 24.3 Å². The van der Waals surface area contributed by atoms with Crippen molar-refractivity contribution in [3.63, 3.8) is 0 Å². The highest BCUT2D eigenvalue weighted by Crippen LogP contribution is 2.24. The summed E-state index contributed by atoms with van der Waals surface area (Å²) in [6, 6.07) is 7.25. The number of carbonyl (C=O) groups is 1. The van der Waals surface area contributed by atoms with Gasteiger partial charge < -0.3 is 9.47 Å². The molecule has 0 unspecified atom stereocenters. The Hall–Kier alpha value is -2.21. The van der Waals surface area contributed by atoms with E-state index in [0.717, 1.165) is 43.0 Å². The van der Waals surface area contributed by atoms with Crippen molar-refractivity contribution < 1.29 is 14.3 Å². The maximum absolute atomic E-state index is 12.3. The van der Waals surface area contributed by atoms with Crippen molar-refractivity contribution in [2.75, 3.05) is 7.11 Å². The molecule has 1 aromatic heterocycles. The highest BCUT2D eigenvalue weighted by atomic mass is 16.5. The zero-order valence-corrected chi connectivity index (χ0v) is 14.4. The lowest BCUT2D eigenvalue weighted by Gasteiger charge is -2.27. The molecular weight excluding hydrogens is 306 g/mol. The molecule has 1 aliphatic carbocycles. The summed E-state index contributed by atoms with van der Waals surface area (Å²) >= 11 is 0. The van der Waals surface area contributed by atoms with Crippen molar-refractivity contribution in [3.05, 3.63) is 41.5 Å². The Labute approximate surface area is 141 Å². The summed E-state index contributed by atoms with van der Waals surface area (Å²) in [5.41, 5.74) is 1.43. The maximum Gasteiger partial charge on any atom is 0.338 e. The van der Waals surface area contributed by atoms with Gasteiger partial charge in [0.25, 0.3) is 0 Å². The van der Waals surface area contributed by atoms with Crippen LogP contribution in [0.3, 0.4) is 0 Å². The van der Waals surface area contributed by atoms with Gasteiger partial charge in [-0.05, 0) is 57.4 Å². The van der Waals surface area contributed by atoms with Gasteiger partial charge in [-0.3, -0.25) is 0 Å². The van der Waals surface area contributed by atoms with E-state index >= 15 is 0 Å². The van der Waals surface area contributed by atoms with Crippen LogP contribution in [0.5, 0.6) is 0 Å². The van der Waals surface area contributed by atoms with Gasteiger partial charge in [-0.15, -0.1) is 0 Å². The molecule has 1 fully saturated rings. The number of aryl methyl sites for hydroxylation is 2. The number of hydrogen-bond donors (Lipinski definition) is 0. The molecule has 128 valence electrons. The van der Waals surface area contributed by atoms with E-state index in [2.05, 4.69) is 10.1 Å². The molecule has 24 heavy (non-hydrogen) atoms. The molecule has 1 aliphatic rings. The minimum atomic E-state index is -0.283. The molecule has 2 atom stereocenters. The topological polar surface area (TPSA) is 66.2 Å². The fourth-order valence-electron chi connectivity index (χ4n) is 3.15. The number of esters is 1. The van der Waals surface area contributed by atoms with Crippen molar-refractivity contribution in [1.82, 2.24) is 14.8 Å². The zero-order valence-electron chi connectivity index (χ0n) is 14.4. The van der Waals surface area contributed by atoms with Crippen LogP contribution in [0, 0.1) is 13.8 Å². The quantitative estimate of drug-likeness (QED) is 0.807. The Morgan fingerprint density at radius 2 is 1.88 bits per heavy atom. The van der Waals surface area contributed by atoms with Gasteiger partial charge in [0.15, 0.2) is 0 Å². The molecule has 0 bridgehead atoms. The highest BCUT2D eigenvalue weighted by molar-refractivity contribution is 5.89. The van der Waals surface area contributed by atoms with E-state index in [9.17, 15) is 4.79 Å². The number of benzene rings is 1. The second-order valence-corrected chi connectivity index (χ2v) is 6.22. The standard InChI is InChI=1S/C18H23N3O3/c1-12-19-13(2)21(20-12)15-9-7-14(8-10-15)18(22)24-17-6-4-5-16(11-17)23-3/h7-10,16-17H,4-6,11H2,1-3H3/t16-,17+/m0/s1. The first-order valence-electron chi connectivity index (χ1n) is 8.31. The molecule has 0 aliphatic heterocycles. The third kappa shape index (κ3) is 3.64. The van der Waals surface area contributed by atoms with Gasteiger partial charge >= 0.3 is 5.97 Å². The number of aromatic nitrogens is 3. The Balaban J connectivity index is 1.67. The summed E-state index contributed by atoms with van der Waals surface area (Å²) in [5, 5.41) is 4.34. The summed E-state index contributed by atoms with van der Waals surface area (Å²) in [6.45, 7) is 3.75. The first kappa shape index (κ1) is 16.6. The van der Waals surface area contributed by atoms with Crippen LogP contribution < -0.4 is 0 Å². The number of hydrogen-bond acceptors (Lipinski definition) is 5. The van der Waals surface area contributed by atoms with Crippen LogP contribution in [-0.2, 0) is 9.47 Å². The smallest absolute Gasteiger partial charge is 0.338 e. The molecular formula is C18H23N3O3. The van der Waals surface area contributed by atoms with Crippen molar-refractivity contribution in [2.24, 2.45) is 0 Å². The lowest BCUT2D eigenvalue weighted by atomic mass is 9.95. The minimum Gasteiger partial charge on any atom is -0.459 e. The van der Waals surface area contributed by atoms with Gasteiger partial charge in [0, 0.05) is 13.5 Å². The van der Waals surface area contributed by atoms with E-state index in [4.69, 9.17) is 9.47 Å². The summed E-state index contributed by atoms with van der Waals surface area (Å²) in [4.78, 5) is 16.6. The Kier molecular flexibility index (Phi) is 4.94. The summed E-state index contributed by atoms with van der Waals surface area (Å²) in [7, 11) is 1.71. The van der Waals surface area contributed by atoms with Gasteiger partial charge in [0.1, 0.15) is 17.8 Å². The van der Waals surface area contributed by atoms with Gasteiger partial charge in [-0.25, -0.2) is 14.5 Å². The predicted molar refractivity (Wildman–Crippen MR) is 89.3 cm³/mol. The molecule has 0 spiro atoms. The average molecular weight is 329 g/mol. The number of rotatable bonds is 4. The Morgan fingerprint density at radius 1 is 1.17 bits per heavy atom. The number of carbonyl (C=O) groups excluding carboxylic acids is 1. The second-order valence-electron chi connectivity index (χ2n) is 6.22. The van der Waals surface area contributed by atoms with Crippen molar-refractivity contribution in [1.29, 1.82) is 0 Å². The van der Waals surface area contributed by atoms with E-state index < -0.39 is 0 Å². The normalized spacial score (nSPS) is 20.8. The minimum absolute atomic E-state index is 0.0592. The molecule has 1 saturated carbocycles. The SMILES string of the molecule is CO[C@H]1CCC[C@@H](OC(=O)c2ccc(-n3nc(C)nc3C)cc2)C1. The van der Waals surface area contributed by atoms with Crippen LogP contribution in [0.2, 0.25) is 0 Å². The van der Waals surface area contributed by atoms with Crippen LogP contribution in [-0.4, -0.2) is 40.1 Å². The van der Waals surface area contributed by atoms with E-state index in [0.29, 0.717) is 5.56 Å². The molecule has 3 rings (SSSR count). The molecule has 0 amide bonds. The van der Waals surface area contributed by atoms with Crippen molar-refractivity contribution in [3.8, 4) is 5.69 Å². The number of ether oxygens (including phenoxy) is 2. The largest absolute Gasteiger partial charge is 0.459 e. The third-order valence-corrected chi connectivity index (χ3v) is 4.41. The number of nitrogens with zero attached hydrogens (tertiary/aromatic N) is 3. The van der Waals surface area contributed by atoms with Crippen LogP contribution >= 0.6 is 0 Å². The number of methoxy groups -OCH3 is 1. The van der Waals surface area contributed by atoms with E-state index in [1.54, 1.807) is 23.9 Å². The molecule has 6 nitrogen and oxygen atoms in total.